The molecule has 2 amide bonds. The lowest BCUT2D eigenvalue weighted by molar-refractivity contribution is -0.139. The number of halogens is 1. The Morgan fingerprint density at radius 1 is 1.00 bits per heavy atom. The highest BCUT2D eigenvalue weighted by Crippen LogP contribution is 2.35. The molecule has 0 unspecified atom stereocenters. The number of benzene rings is 3. The van der Waals surface area contributed by atoms with Gasteiger partial charge in [0.1, 0.15) is 18.3 Å². The first-order valence-electron chi connectivity index (χ1n) is 13.0. The lowest BCUT2D eigenvalue weighted by atomic mass is 10.1. The predicted octanol–water partition coefficient (Wildman–Crippen LogP) is 5.18. The quantitative estimate of drug-likeness (QED) is 0.316. The average molecular weight is 586 g/mol. The summed E-state index contributed by atoms with van der Waals surface area (Å²) in [6.07, 6.45) is 0.724. The molecule has 0 saturated carbocycles. The number of aryl methyl sites for hydroxylation is 1. The molecule has 0 aliphatic heterocycles. The van der Waals surface area contributed by atoms with E-state index in [4.69, 9.17) is 16.3 Å². The van der Waals surface area contributed by atoms with E-state index in [1.807, 2.05) is 51.1 Å². The van der Waals surface area contributed by atoms with Gasteiger partial charge in [0, 0.05) is 17.6 Å². The van der Waals surface area contributed by atoms with Crippen molar-refractivity contribution in [1.82, 2.24) is 10.2 Å². The molecule has 0 bridgehead atoms. The molecule has 3 aromatic carbocycles. The second-order valence-electron chi connectivity index (χ2n) is 9.64. The van der Waals surface area contributed by atoms with Gasteiger partial charge in [0.15, 0.2) is 0 Å². The lowest BCUT2D eigenvalue weighted by Gasteiger charge is -2.32. The van der Waals surface area contributed by atoms with Crippen molar-refractivity contribution in [3.8, 4) is 5.75 Å². The lowest BCUT2D eigenvalue weighted by Crippen LogP contribution is -2.52. The van der Waals surface area contributed by atoms with E-state index in [1.165, 1.54) is 30.2 Å². The van der Waals surface area contributed by atoms with E-state index >= 15 is 0 Å². The van der Waals surface area contributed by atoms with Crippen molar-refractivity contribution >= 4 is 39.1 Å². The highest BCUT2D eigenvalue weighted by molar-refractivity contribution is 7.92. The van der Waals surface area contributed by atoms with Crippen molar-refractivity contribution in [2.24, 2.45) is 0 Å². The number of carbonyl (C=O) groups excluding carboxylic acids is 2. The normalized spacial score (nSPS) is 12.8. The van der Waals surface area contributed by atoms with Gasteiger partial charge >= 0.3 is 0 Å². The Kier molecular flexibility index (Phi) is 10.6. The van der Waals surface area contributed by atoms with Crippen LogP contribution in [-0.4, -0.2) is 50.9 Å². The molecule has 0 saturated heterocycles. The summed E-state index contributed by atoms with van der Waals surface area (Å²) in [5.74, 6) is -0.662. The van der Waals surface area contributed by atoms with Crippen LogP contribution in [0.2, 0.25) is 5.02 Å². The number of sulfonamides is 1. The van der Waals surface area contributed by atoms with Crippen molar-refractivity contribution in [3.05, 3.63) is 88.9 Å². The Labute approximate surface area is 241 Å². The highest BCUT2D eigenvalue weighted by atomic mass is 35.5. The number of nitrogens with zero attached hydrogens (tertiary/aromatic N) is 2. The number of hydrogen-bond donors (Lipinski definition) is 1. The zero-order valence-electron chi connectivity index (χ0n) is 23.4. The summed E-state index contributed by atoms with van der Waals surface area (Å²) >= 11 is 6.27. The van der Waals surface area contributed by atoms with Crippen molar-refractivity contribution in [2.45, 2.75) is 57.6 Å². The third-order valence-electron chi connectivity index (χ3n) is 6.66. The van der Waals surface area contributed by atoms with Crippen molar-refractivity contribution in [1.29, 1.82) is 0 Å². The number of hydrogen-bond acceptors (Lipinski definition) is 5. The van der Waals surface area contributed by atoms with Crippen molar-refractivity contribution < 1.29 is 22.7 Å². The second-order valence-corrected chi connectivity index (χ2v) is 11.9. The molecule has 0 aromatic heterocycles. The van der Waals surface area contributed by atoms with E-state index in [9.17, 15) is 18.0 Å². The number of carbonyl (C=O) groups is 2. The van der Waals surface area contributed by atoms with E-state index in [0.29, 0.717) is 0 Å². The van der Waals surface area contributed by atoms with Crippen LogP contribution < -0.4 is 14.4 Å². The van der Waals surface area contributed by atoms with Crippen molar-refractivity contribution in [3.63, 3.8) is 0 Å². The minimum absolute atomic E-state index is 0.00472. The first-order chi connectivity index (χ1) is 19.0. The fourth-order valence-electron chi connectivity index (χ4n) is 4.04. The number of methoxy groups -OCH3 is 1. The van der Waals surface area contributed by atoms with Crippen LogP contribution in [0, 0.1) is 6.92 Å². The molecule has 0 aliphatic carbocycles. The molecular formula is C30H36ClN3O5S. The van der Waals surface area contributed by atoms with Crippen LogP contribution in [0.5, 0.6) is 5.75 Å². The van der Waals surface area contributed by atoms with Gasteiger partial charge in [-0.1, -0.05) is 66.6 Å². The van der Waals surface area contributed by atoms with Gasteiger partial charge in [0.2, 0.25) is 11.8 Å². The van der Waals surface area contributed by atoms with Crippen LogP contribution in [0.3, 0.4) is 0 Å². The molecule has 40 heavy (non-hydrogen) atoms. The van der Waals surface area contributed by atoms with E-state index < -0.39 is 28.5 Å². The average Bonchev–Trinajstić information content (AvgIpc) is 2.94. The van der Waals surface area contributed by atoms with Gasteiger partial charge in [0.25, 0.3) is 10.0 Å². The Bertz CT molecular complexity index is 1420. The van der Waals surface area contributed by atoms with Crippen LogP contribution in [-0.2, 0) is 26.2 Å². The summed E-state index contributed by atoms with van der Waals surface area (Å²) in [6, 6.07) is 19.2. The summed E-state index contributed by atoms with van der Waals surface area (Å²) in [4.78, 5) is 28.5. The molecule has 8 nitrogen and oxygen atoms in total. The maximum Gasteiger partial charge on any atom is 0.264 e. The van der Waals surface area contributed by atoms with Crippen LogP contribution in [0.15, 0.2) is 77.7 Å². The van der Waals surface area contributed by atoms with Crippen LogP contribution in [0.1, 0.15) is 38.3 Å². The third kappa shape index (κ3) is 7.55. The van der Waals surface area contributed by atoms with E-state index in [-0.39, 0.29) is 39.8 Å². The summed E-state index contributed by atoms with van der Waals surface area (Å²) in [5, 5.41) is 3.19. The molecule has 0 aliphatic rings. The predicted molar refractivity (Wildman–Crippen MR) is 158 cm³/mol. The van der Waals surface area contributed by atoms with Gasteiger partial charge < -0.3 is 15.0 Å². The van der Waals surface area contributed by atoms with E-state index in [0.717, 1.165) is 21.9 Å². The Balaban J connectivity index is 2.08. The van der Waals surface area contributed by atoms with Crippen LogP contribution >= 0.6 is 11.6 Å². The molecular weight excluding hydrogens is 550 g/mol. The number of nitrogens with one attached hydrogen (secondary N) is 1. The van der Waals surface area contributed by atoms with E-state index in [1.54, 1.807) is 31.2 Å². The highest BCUT2D eigenvalue weighted by Gasteiger charge is 2.34. The zero-order valence-corrected chi connectivity index (χ0v) is 25.0. The molecule has 1 N–H and O–H groups in total. The van der Waals surface area contributed by atoms with Crippen LogP contribution in [0.25, 0.3) is 0 Å². The SMILES string of the molecule is CC[C@@H](C)NC(=O)[C@@H](C)N(Cc1ccccc1)C(=O)CN(c1cc(Cl)ccc1OC)S(=O)(=O)c1ccc(C)cc1. The Morgan fingerprint density at radius 3 is 2.25 bits per heavy atom. The van der Waals surface area contributed by atoms with E-state index in [2.05, 4.69) is 5.32 Å². The number of ether oxygens (including phenoxy) is 1. The first kappa shape index (κ1) is 31.0. The molecule has 0 heterocycles. The monoisotopic (exact) mass is 585 g/mol. The molecule has 214 valence electrons. The molecule has 0 radical (unpaired) electrons. The minimum Gasteiger partial charge on any atom is -0.495 e. The summed E-state index contributed by atoms with van der Waals surface area (Å²) in [7, 11) is -2.83. The molecule has 3 rings (SSSR count). The summed E-state index contributed by atoms with van der Waals surface area (Å²) in [6.45, 7) is 6.85. The first-order valence-corrected chi connectivity index (χ1v) is 14.9. The summed E-state index contributed by atoms with van der Waals surface area (Å²) in [5.41, 5.74) is 1.80. The molecule has 10 heteroatoms. The Morgan fingerprint density at radius 2 is 1.65 bits per heavy atom. The third-order valence-corrected chi connectivity index (χ3v) is 8.67. The molecule has 0 spiro atoms. The minimum atomic E-state index is -4.24. The van der Waals surface area contributed by atoms with Gasteiger partial charge in [-0.15, -0.1) is 0 Å². The molecule has 0 fully saturated rings. The zero-order chi connectivity index (χ0) is 29.4. The van der Waals surface area contributed by atoms with Gasteiger partial charge in [-0.25, -0.2) is 8.42 Å². The second kappa shape index (κ2) is 13.7. The number of rotatable bonds is 12. The maximum atomic E-state index is 14.0. The largest absolute Gasteiger partial charge is 0.495 e. The van der Waals surface area contributed by atoms with Crippen molar-refractivity contribution in [2.75, 3.05) is 18.0 Å². The fraction of sp³-hybridized carbons (Fsp3) is 0.333. The van der Waals surface area contributed by atoms with Gasteiger partial charge in [-0.05, 0) is 63.1 Å². The summed E-state index contributed by atoms with van der Waals surface area (Å²) < 4.78 is 34.5. The smallest absolute Gasteiger partial charge is 0.264 e. The maximum absolute atomic E-state index is 14.0. The Hall–Kier alpha value is -3.56. The van der Waals surface area contributed by atoms with Gasteiger partial charge in [0.05, 0.1) is 17.7 Å². The van der Waals surface area contributed by atoms with Gasteiger partial charge in [-0.2, -0.15) is 0 Å². The number of amides is 2. The van der Waals surface area contributed by atoms with Gasteiger partial charge in [-0.3, -0.25) is 13.9 Å². The molecule has 3 aromatic rings. The standard InChI is InChI=1S/C30H36ClN3O5S/c1-6-22(3)32-30(36)23(4)33(19-24-10-8-7-9-11-24)29(35)20-34(27-18-25(31)14-17-28(27)39-5)40(37,38)26-15-12-21(2)13-16-26/h7-18,22-23H,6,19-20H2,1-5H3,(H,32,36)/t22-,23-/m1/s1. The topological polar surface area (TPSA) is 96.0 Å². The number of anilines is 1. The fourth-order valence-corrected chi connectivity index (χ4v) is 5.62. The van der Waals surface area contributed by atoms with Crippen LogP contribution in [0.4, 0.5) is 5.69 Å². The molecule has 2 atom stereocenters.